The lowest BCUT2D eigenvalue weighted by atomic mass is 10.1. The van der Waals surface area contributed by atoms with Crippen molar-refractivity contribution < 1.29 is 4.92 Å². The number of rotatable bonds is 6. The number of nitrogens with two attached hydrogens (primary N) is 1. The van der Waals surface area contributed by atoms with Crippen molar-refractivity contribution in [2.75, 3.05) is 30.3 Å². The highest BCUT2D eigenvalue weighted by molar-refractivity contribution is 5.58. The van der Waals surface area contributed by atoms with Crippen molar-refractivity contribution in [2.24, 2.45) is 5.92 Å². The molecule has 0 bridgehead atoms. The first-order valence-electron chi connectivity index (χ1n) is 7.36. The summed E-state index contributed by atoms with van der Waals surface area (Å²) in [6.07, 6.45) is 2.34. The van der Waals surface area contributed by atoms with Crippen LogP contribution in [0, 0.1) is 16.0 Å². The molecule has 21 heavy (non-hydrogen) atoms. The Bertz CT molecular complexity index is 500. The molecule has 7 heteroatoms. The van der Waals surface area contributed by atoms with Crippen LogP contribution in [-0.4, -0.2) is 35.6 Å². The summed E-state index contributed by atoms with van der Waals surface area (Å²) >= 11 is 0. The minimum atomic E-state index is -0.503. The van der Waals surface area contributed by atoms with Crippen molar-refractivity contribution in [3.05, 3.63) is 22.2 Å². The quantitative estimate of drug-likeness (QED) is 0.613. The fraction of sp³-hybridized carbons (Fsp3) is 0.643. The van der Waals surface area contributed by atoms with Gasteiger partial charge >= 0.3 is 5.69 Å². The Morgan fingerprint density at radius 1 is 1.57 bits per heavy atom. The number of hydrogen-bond acceptors (Lipinski definition) is 6. The van der Waals surface area contributed by atoms with Gasteiger partial charge < -0.3 is 16.0 Å². The standard InChI is InChI=1S/C14H23N5O2/c1-10(2)8-18(9-11-4-3-7-16-11)13-6-5-12(19(20)21)14(15)17-13/h5-6,10-11,16H,3-4,7-9H2,1-2H3,(H2,15,17). The zero-order valence-corrected chi connectivity index (χ0v) is 12.6. The van der Waals surface area contributed by atoms with Gasteiger partial charge in [-0.05, 0) is 31.4 Å². The highest BCUT2D eigenvalue weighted by atomic mass is 16.6. The van der Waals surface area contributed by atoms with Gasteiger partial charge in [-0.3, -0.25) is 10.1 Å². The van der Waals surface area contributed by atoms with Crippen LogP contribution in [0.15, 0.2) is 12.1 Å². The molecule has 1 aliphatic rings. The van der Waals surface area contributed by atoms with Crippen molar-refractivity contribution in [2.45, 2.75) is 32.7 Å². The molecule has 1 atom stereocenters. The number of nitro groups is 1. The maximum Gasteiger partial charge on any atom is 0.311 e. The Labute approximate surface area is 124 Å². The molecule has 1 aromatic heterocycles. The number of nitrogens with zero attached hydrogens (tertiary/aromatic N) is 3. The second-order valence-corrected chi connectivity index (χ2v) is 5.92. The van der Waals surface area contributed by atoms with Crippen LogP contribution in [0.2, 0.25) is 0 Å². The highest BCUT2D eigenvalue weighted by Gasteiger charge is 2.21. The second kappa shape index (κ2) is 6.71. The van der Waals surface area contributed by atoms with E-state index in [9.17, 15) is 10.1 Å². The van der Waals surface area contributed by atoms with Crippen LogP contribution in [0.3, 0.4) is 0 Å². The molecule has 0 radical (unpaired) electrons. The Morgan fingerprint density at radius 2 is 2.33 bits per heavy atom. The monoisotopic (exact) mass is 293 g/mol. The van der Waals surface area contributed by atoms with Crippen molar-refractivity contribution >= 4 is 17.3 Å². The molecule has 2 heterocycles. The topological polar surface area (TPSA) is 97.3 Å². The molecule has 1 saturated heterocycles. The van der Waals surface area contributed by atoms with Crippen LogP contribution in [0.5, 0.6) is 0 Å². The Kier molecular flexibility index (Phi) is 4.95. The van der Waals surface area contributed by atoms with Crippen LogP contribution in [-0.2, 0) is 0 Å². The molecule has 0 aliphatic carbocycles. The molecule has 1 aliphatic heterocycles. The lowest BCUT2D eigenvalue weighted by Crippen LogP contribution is -2.40. The van der Waals surface area contributed by atoms with Crippen LogP contribution in [0.4, 0.5) is 17.3 Å². The van der Waals surface area contributed by atoms with E-state index >= 15 is 0 Å². The Hall–Kier alpha value is -1.89. The van der Waals surface area contributed by atoms with Crippen molar-refractivity contribution in [3.63, 3.8) is 0 Å². The zero-order chi connectivity index (χ0) is 15.4. The molecular weight excluding hydrogens is 270 g/mol. The highest BCUT2D eigenvalue weighted by Crippen LogP contribution is 2.24. The summed E-state index contributed by atoms with van der Waals surface area (Å²) in [7, 11) is 0. The Morgan fingerprint density at radius 3 is 2.86 bits per heavy atom. The predicted octanol–water partition coefficient (Wildman–Crippen LogP) is 1.79. The molecule has 1 unspecified atom stereocenters. The fourth-order valence-electron chi connectivity index (χ4n) is 2.67. The van der Waals surface area contributed by atoms with E-state index in [0.29, 0.717) is 17.8 Å². The van der Waals surface area contributed by atoms with Gasteiger partial charge in [-0.25, -0.2) is 4.98 Å². The average Bonchev–Trinajstić information content (AvgIpc) is 2.89. The average molecular weight is 293 g/mol. The lowest BCUT2D eigenvalue weighted by Gasteiger charge is -2.28. The molecule has 1 fully saturated rings. The molecule has 116 valence electrons. The summed E-state index contributed by atoms with van der Waals surface area (Å²) in [6.45, 7) is 7.04. The van der Waals surface area contributed by atoms with Crippen molar-refractivity contribution in [3.8, 4) is 0 Å². The molecule has 2 rings (SSSR count). The summed E-state index contributed by atoms with van der Waals surface area (Å²) in [5, 5.41) is 14.3. The molecular formula is C14H23N5O2. The van der Waals surface area contributed by atoms with Crippen molar-refractivity contribution in [1.29, 1.82) is 0 Å². The van der Waals surface area contributed by atoms with Crippen molar-refractivity contribution in [1.82, 2.24) is 10.3 Å². The van der Waals surface area contributed by atoms with Crippen LogP contribution < -0.4 is 16.0 Å². The number of hydrogen-bond donors (Lipinski definition) is 2. The van der Waals surface area contributed by atoms with Gasteiger partial charge in [0, 0.05) is 25.2 Å². The van der Waals surface area contributed by atoms with E-state index < -0.39 is 4.92 Å². The summed E-state index contributed by atoms with van der Waals surface area (Å²) in [6, 6.07) is 3.57. The smallest absolute Gasteiger partial charge is 0.311 e. The third-order valence-corrected chi connectivity index (χ3v) is 3.60. The Balaban J connectivity index is 2.18. The molecule has 0 aromatic carbocycles. The second-order valence-electron chi connectivity index (χ2n) is 5.92. The first-order chi connectivity index (χ1) is 9.97. The van der Waals surface area contributed by atoms with Gasteiger partial charge in [0.1, 0.15) is 5.82 Å². The summed E-state index contributed by atoms with van der Waals surface area (Å²) in [5.41, 5.74) is 5.57. The van der Waals surface area contributed by atoms with E-state index in [1.165, 1.54) is 12.5 Å². The molecule has 7 nitrogen and oxygen atoms in total. The van der Waals surface area contributed by atoms with Crippen LogP contribution >= 0.6 is 0 Å². The number of nitrogens with one attached hydrogen (secondary N) is 1. The van der Waals surface area contributed by atoms with E-state index in [4.69, 9.17) is 5.73 Å². The maximum atomic E-state index is 10.8. The summed E-state index contributed by atoms with van der Waals surface area (Å²) in [4.78, 5) is 16.7. The molecule has 0 spiro atoms. The van der Waals surface area contributed by atoms with E-state index in [-0.39, 0.29) is 11.5 Å². The third kappa shape index (κ3) is 4.04. The van der Waals surface area contributed by atoms with Crippen LogP contribution in [0.1, 0.15) is 26.7 Å². The normalized spacial score (nSPS) is 18.1. The first-order valence-corrected chi connectivity index (χ1v) is 7.36. The largest absolute Gasteiger partial charge is 0.378 e. The van der Waals surface area contributed by atoms with Gasteiger partial charge in [-0.1, -0.05) is 13.8 Å². The zero-order valence-electron chi connectivity index (χ0n) is 12.6. The maximum absolute atomic E-state index is 10.8. The van der Waals surface area contributed by atoms with Gasteiger partial charge in [-0.2, -0.15) is 0 Å². The fourth-order valence-corrected chi connectivity index (χ4v) is 2.67. The first kappa shape index (κ1) is 15.5. The summed E-state index contributed by atoms with van der Waals surface area (Å²) in [5.74, 6) is 1.16. The lowest BCUT2D eigenvalue weighted by molar-refractivity contribution is -0.384. The minimum absolute atomic E-state index is 0.0226. The number of aromatic nitrogens is 1. The van der Waals surface area contributed by atoms with E-state index in [2.05, 4.69) is 29.0 Å². The van der Waals surface area contributed by atoms with E-state index in [1.807, 2.05) is 0 Å². The van der Waals surface area contributed by atoms with Gasteiger partial charge in [0.2, 0.25) is 5.82 Å². The van der Waals surface area contributed by atoms with Gasteiger partial charge in [-0.15, -0.1) is 0 Å². The van der Waals surface area contributed by atoms with Gasteiger partial charge in [0.15, 0.2) is 0 Å². The molecule has 1 aromatic rings. The third-order valence-electron chi connectivity index (χ3n) is 3.60. The number of anilines is 2. The molecule has 0 saturated carbocycles. The van der Waals surface area contributed by atoms with E-state index in [1.54, 1.807) is 6.07 Å². The predicted molar refractivity (Wildman–Crippen MR) is 83.4 cm³/mol. The molecule has 3 N–H and O–H groups in total. The van der Waals surface area contributed by atoms with Gasteiger partial charge in [0.25, 0.3) is 0 Å². The SMILES string of the molecule is CC(C)CN(CC1CCCN1)c1ccc([N+](=O)[O-])c(N)n1. The van der Waals surface area contributed by atoms with Gasteiger partial charge in [0.05, 0.1) is 4.92 Å². The number of nitrogen functional groups attached to an aromatic ring is 1. The molecule has 0 amide bonds. The number of pyridine rings is 1. The minimum Gasteiger partial charge on any atom is -0.378 e. The van der Waals surface area contributed by atoms with Crippen LogP contribution in [0.25, 0.3) is 0 Å². The summed E-state index contributed by atoms with van der Waals surface area (Å²) < 4.78 is 0. The van der Waals surface area contributed by atoms with E-state index in [0.717, 1.165) is 26.1 Å².